The van der Waals surface area contributed by atoms with E-state index in [0.29, 0.717) is 13.1 Å². The number of hydrogen-bond donors (Lipinski definition) is 1. The summed E-state index contributed by atoms with van der Waals surface area (Å²) in [5.41, 5.74) is 0.755. The van der Waals surface area contributed by atoms with Crippen molar-refractivity contribution in [2.24, 2.45) is 5.92 Å². The lowest BCUT2D eigenvalue weighted by Crippen LogP contribution is -2.51. The predicted molar refractivity (Wildman–Crippen MR) is 82.9 cm³/mol. The number of piperazine rings is 1. The van der Waals surface area contributed by atoms with Gasteiger partial charge in [-0.25, -0.2) is 0 Å². The van der Waals surface area contributed by atoms with E-state index in [1.807, 2.05) is 39.1 Å². The first kappa shape index (κ1) is 16.4. The standard InChI is InChI=1S/C14H24N4O2S/c1-12(2)14(13-6-4-5-7-15-13)16-21(19,20)18-10-8-17(3)9-11-18/h4-7,12,14,16H,8-11H2,1-3H3/t14-/m0/s1. The van der Waals surface area contributed by atoms with Crippen molar-refractivity contribution >= 4 is 10.2 Å². The second-order valence-corrected chi connectivity index (χ2v) is 7.50. The highest BCUT2D eigenvalue weighted by Gasteiger charge is 2.30. The Morgan fingerprint density at radius 2 is 1.86 bits per heavy atom. The Hall–Kier alpha value is -1.02. The Bertz CT molecular complexity index is 539. The average Bonchev–Trinajstić information content (AvgIpc) is 2.46. The molecule has 0 aromatic carbocycles. The normalized spacial score (nSPS) is 19.8. The molecule has 1 saturated heterocycles. The van der Waals surface area contributed by atoms with Gasteiger partial charge in [0.15, 0.2) is 0 Å². The van der Waals surface area contributed by atoms with Gasteiger partial charge in [0, 0.05) is 32.4 Å². The number of aromatic nitrogens is 1. The summed E-state index contributed by atoms with van der Waals surface area (Å²) in [6, 6.07) is 5.25. The van der Waals surface area contributed by atoms with Gasteiger partial charge in [0.05, 0.1) is 11.7 Å². The molecule has 2 rings (SSSR count). The van der Waals surface area contributed by atoms with Crippen molar-refractivity contribution in [2.75, 3.05) is 33.2 Å². The maximum absolute atomic E-state index is 12.5. The fourth-order valence-corrected chi connectivity index (χ4v) is 3.87. The first-order chi connectivity index (χ1) is 9.90. The van der Waals surface area contributed by atoms with Gasteiger partial charge in [-0.05, 0) is 25.1 Å². The lowest BCUT2D eigenvalue weighted by atomic mass is 10.0. The van der Waals surface area contributed by atoms with Gasteiger partial charge in [0.2, 0.25) is 0 Å². The van der Waals surface area contributed by atoms with Gasteiger partial charge in [-0.1, -0.05) is 19.9 Å². The van der Waals surface area contributed by atoms with Gasteiger partial charge in [-0.2, -0.15) is 17.4 Å². The molecule has 118 valence electrons. The fraction of sp³-hybridized carbons (Fsp3) is 0.643. The monoisotopic (exact) mass is 312 g/mol. The third-order valence-corrected chi connectivity index (χ3v) is 5.35. The lowest BCUT2D eigenvalue weighted by molar-refractivity contribution is 0.219. The quantitative estimate of drug-likeness (QED) is 0.876. The van der Waals surface area contributed by atoms with Gasteiger partial charge in [-0.3, -0.25) is 4.98 Å². The molecule has 1 aliphatic heterocycles. The van der Waals surface area contributed by atoms with Crippen molar-refractivity contribution in [3.8, 4) is 0 Å². The van der Waals surface area contributed by atoms with Crippen LogP contribution >= 0.6 is 0 Å². The largest absolute Gasteiger partial charge is 0.304 e. The van der Waals surface area contributed by atoms with Crippen molar-refractivity contribution in [3.63, 3.8) is 0 Å². The van der Waals surface area contributed by atoms with Crippen LogP contribution in [0.3, 0.4) is 0 Å². The van der Waals surface area contributed by atoms with Crippen LogP contribution in [-0.4, -0.2) is 55.8 Å². The Morgan fingerprint density at radius 1 is 1.19 bits per heavy atom. The maximum atomic E-state index is 12.5. The minimum Gasteiger partial charge on any atom is -0.304 e. The van der Waals surface area contributed by atoms with Crippen LogP contribution in [0.4, 0.5) is 0 Å². The summed E-state index contributed by atoms with van der Waals surface area (Å²) in [6.45, 7) is 6.56. The van der Waals surface area contributed by atoms with E-state index in [9.17, 15) is 8.42 Å². The van der Waals surface area contributed by atoms with E-state index in [0.717, 1.165) is 18.8 Å². The van der Waals surface area contributed by atoms with Crippen molar-refractivity contribution in [1.82, 2.24) is 18.9 Å². The molecule has 1 fully saturated rings. The van der Waals surface area contributed by atoms with Gasteiger partial charge in [-0.15, -0.1) is 0 Å². The molecule has 21 heavy (non-hydrogen) atoms. The number of hydrogen-bond acceptors (Lipinski definition) is 4. The molecular formula is C14H24N4O2S. The third-order valence-electron chi connectivity index (χ3n) is 3.75. The first-order valence-corrected chi connectivity index (χ1v) is 8.71. The number of likely N-dealkylation sites (N-methyl/N-ethyl adjacent to an activating group) is 1. The fourth-order valence-electron chi connectivity index (χ4n) is 2.36. The van der Waals surface area contributed by atoms with Crippen LogP contribution in [0.1, 0.15) is 25.6 Å². The zero-order valence-electron chi connectivity index (χ0n) is 12.9. The Morgan fingerprint density at radius 3 is 2.38 bits per heavy atom. The van der Waals surface area contributed by atoms with E-state index in [1.54, 1.807) is 6.20 Å². The third kappa shape index (κ3) is 4.23. The summed E-state index contributed by atoms with van der Waals surface area (Å²) in [5.74, 6) is 0.127. The van der Waals surface area contributed by atoms with Crippen LogP contribution in [0.5, 0.6) is 0 Å². The molecule has 1 atom stereocenters. The summed E-state index contributed by atoms with van der Waals surface area (Å²) >= 11 is 0. The number of pyridine rings is 1. The first-order valence-electron chi connectivity index (χ1n) is 7.27. The molecule has 0 unspecified atom stereocenters. The molecule has 2 heterocycles. The number of nitrogens with one attached hydrogen (secondary N) is 1. The van der Waals surface area contributed by atoms with E-state index in [1.165, 1.54) is 4.31 Å². The highest BCUT2D eigenvalue weighted by atomic mass is 32.2. The molecule has 1 aromatic rings. The van der Waals surface area contributed by atoms with Gasteiger partial charge < -0.3 is 4.90 Å². The summed E-state index contributed by atoms with van der Waals surface area (Å²) in [4.78, 5) is 6.42. The van der Waals surface area contributed by atoms with Gasteiger partial charge in [0.1, 0.15) is 0 Å². The molecule has 0 aliphatic carbocycles. The SMILES string of the molecule is CC(C)[C@H](NS(=O)(=O)N1CCN(C)CC1)c1ccccn1. The van der Waals surface area contributed by atoms with Crippen molar-refractivity contribution < 1.29 is 8.42 Å². The van der Waals surface area contributed by atoms with Crippen molar-refractivity contribution in [2.45, 2.75) is 19.9 Å². The van der Waals surface area contributed by atoms with Crippen LogP contribution in [0, 0.1) is 5.92 Å². The van der Waals surface area contributed by atoms with Crippen molar-refractivity contribution in [3.05, 3.63) is 30.1 Å². The Labute approximate surface area is 127 Å². The van der Waals surface area contributed by atoms with E-state index in [-0.39, 0.29) is 12.0 Å². The van der Waals surface area contributed by atoms with E-state index in [4.69, 9.17) is 0 Å². The topological polar surface area (TPSA) is 65.5 Å². The molecule has 0 spiro atoms. The second kappa shape index (κ2) is 6.83. The molecule has 7 heteroatoms. The van der Waals surface area contributed by atoms with Crippen LogP contribution in [0.25, 0.3) is 0 Å². The maximum Gasteiger partial charge on any atom is 0.280 e. The second-order valence-electron chi connectivity index (χ2n) is 5.80. The molecule has 1 N–H and O–H groups in total. The van der Waals surface area contributed by atoms with Gasteiger partial charge in [0.25, 0.3) is 10.2 Å². The molecule has 0 bridgehead atoms. The van der Waals surface area contributed by atoms with Crippen LogP contribution in [0.15, 0.2) is 24.4 Å². The number of nitrogens with zero attached hydrogens (tertiary/aromatic N) is 3. The minimum atomic E-state index is -3.48. The molecular weight excluding hydrogens is 288 g/mol. The molecule has 6 nitrogen and oxygen atoms in total. The lowest BCUT2D eigenvalue weighted by Gasteiger charge is -2.33. The zero-order chi connectivity index (χ0) is 15.5. The Balaban J connectivity index is 2.13. The van der Waals surface area contributed by atoms with E-state index < -0.39 is 10.2 Å². The summed E-state index contributed by atoms with van der Waals surface area (Å²) in [5, 5.41) is 0. The van der Waals surface area contributed by atoms with E-state index >= 15 is 0 Å². The van der Waals surface area contributed by atoms with Crippen molar-refractivity contribution in [1.29, 1.82) is 0 Å². The highest BCUT2D eigenvalue weighted by Crippen LogP contribution is 2.21. The highest BCUT2D eigenvalue weighted by molar-refractivity contribution is 7.87. The molecule has 0 amide bonds. The summed E-state index contributed by atoms with van der Waals surface area (Å²) in [7, 11) is -1.48. The molecule has 0 radical (unpaired) electrons. The van der Waals surface area contributed by atoms with Crippen LogP contribution in [-0.2, 0) is 10.2 Å². The van der Waals surface area contributed by atoms with Crippen LogP contribution < -0.4 is 4.72 Å². The molecule has 1 aromatic heterocycles. The zero-order valence-corrected chi connectivity index (χ0v) is 13.7. The summed E-state index contributed by atoms with van der Waals surface area (Å²) in [6.07, 6.45) is 1.69. The predicted octanol–water partition coefficient (Wildman–Crippen LogP) is 0.861. The smallest absolute Gasteiger partial charge is 0.280 e. The van der Waals surface area contributed by atoms with Gasteiger partial charge >= 0.3 is 0 Å². The molecule has 1 aliphatic rings. The number of rotatable bonds is 5. The summed E-state index contributed by atoms with van der Waals surface area (Å²) < 4.78 is 29.4. The Kier molecular flexibility index (Phi) is 5.32. The molecule has 0 saturated carbocycles. The average molecular weight is 312 g/mol. The van der Waals surface area contributed by atoms with E-state index in [2.05, 4.69) is 14.6 Å². The van der Waals surface area contributed by atoms with Crippen LogP contribution in [0.2, 0.25) is 0 Å². The minimum absolute atomic E-state index is 0.127.